The van der Waals surface area contributed by atoms with Crippen LogP contribution < -0.4 is 0 Å². The van der Waals surface area contributed by atoms with Crippen LogP contribution in [0.5, 0.6) is 0 Å². The molecule has 24 heavy (non-hydrogen) atoms. The summed E-state index contributed by atoms with van der Waals surface area (Å²) in [6, 6.07) is 6.48. The van der Waals surface area contributed by atoms with Gasteiger partial charge in [0.25, 0.3) is 0 Å². The van der Waals surface area contributed by atoms with Gasteiger partial charge in [-0.15, -0.1) is 12.3 Å². The van der Waals surface area contributed by atoms with Gasteiger partial charge in [-0.1, -0.05) is 24.3 Å². The number of carbonyl (C=O) groups is 2. The fraction of sp³-hybridized carbons (Fsp3) is 0.444. The van der Waals surface area contributed by atoms with Gasteiger partial charge in [0.15, 0.2) is 11.7 Å². The van der Waals surface area contributed by atoms with E-state index in [9.17, 15) is 14.7 Å². The van der Waals surface area contributed by atoms with E-state index in [0.29, 0.717) is 37.8 Å². The van der Waals surface area contributed by atoms with Gasteiger partial charge in [0, 0.05) is 32.2 Å². The van der Waals surface area contributed by atoms with E-state index in [0.717, 1.165) is 5.56 Å². The van der Waals surface area contributed by atoms with E-state index < -0.39 is 17.7 Å². The number of aliphatic carboxylic acids is 1. The zero-order valence-corrected chi connectivity index (χ0v) is 13.3. The fourth-order valence-electron chi connectivity index (χ4n) is 3.22. The van der Waals surface area contributed by atoms with E-state index in [2.05, 4.69) is 16.1 Å². The molecule has 0 spiro atoms. The molecule has 124 valence electrons. The molecule has 0 bridgehead atoms. The number of hydrogen-bond donors (Lipinski definition) is 1. The minimum Gasteiger partial charge on any atom is -0.479 e. The Hall–Kier alpha value is -2.68. The second-order valence-corrected chi connectivity index (χ2v) is 6.16. The second-order valence-electron chi connectivity index (χ2n) is 6.16. The van der Waals surface area contributed by atoms with Crippen LogP contribution in [0.2, 0.25) is 0 Å². The summed E-state index contributed by atoms with van der Waals surface area (Å²) in [4.78, 5) is 25.8. The van der Waals surface area contributed by atoms with Crippen molar-refractivity contribution in [3.8, 4) is 12.3 Å². The maximum Gasteiger partial charge on any atom is 0.331 e. The summed E-state index contributed by atoms with van der Waals surface area (Å²) in [5.41, 5.74) is 1.17. The van der Waals surface area contributed by atoms with Crippen LogP contribution >= 0.6 is 0 Å². The average Bonchev–Trinajstić information content (AvgIpc) is 3.37. The number of carboxylic acid groups (broad SMARTS) is 1. The highest BCUT2D eigenvalue weighted by atomic mass is 16.4. The van der Waals surface area contributed by atoms with Gasteiger partial charge in [0.1, 0.15) is 0 Å². The van der Waals surface area contributed by atoms with E-state index in [1.54, 1.807) is 12.1 Å². The lowest BCUT2D eigenvalue weighted by molar-refractivity contribution is -0.151. The lowest BCUT2D eigenvalue weighted by Gasteiger charge is -2.35. The van der Waals surface area contributed by atoms with Crippen molar-refractivity contribution in [3.63, 3.8) is 0 Å². The molecular formula is C18H19N3O3. The number of terminal acetylenes is 1. The zero-order chi connectivity index (χ0) is 17.2. The van der Waals surface area contributed by atoms with Gasteiger partial charge in [-0.25, -0.2) is 4.79 Å². The summed E-state index contributed by atoms with van der Waals surface area (Å²) in [7, 11) is 0. The first-order valence-corrected chi connectivity index (χ1v) is 8.04. The van der Waals surface area contributed by atoms with Gasteiger partial charge in [-0.2, -0.15) is 10.2 Å². The second kappa shape index (κ2) is 6.44. The van der Waals surface area contributed by atoms with Crippen molar-refractivity contribution >= 4 is 11.9 Å². The molecule has 1 unspecified atom stereocenters. The van der Waals surface area contributed by atoms with Crippen LogP contribution in [0.4, 0.5) is 0 Å². The Balaban J connectivity index is 1.69. The van der Waals surface area contributed by atoms with Gasteiger partial charge in [0.05, 0.1) is 0 Å². The largest absolute Gasteiger partial charge is 0.479 e. The van der Waals surface area contributed by atoms with Gasteiger partial charge >= 0.3 is 5.97 Å². The van der Waals surface area contributed by atoms with Gasteiger partial charge in [-0.3, -0.25) is 4.79 Å². The molecule has 0 aromatic heterocycles. The van der Waals surface area contributed by atoms with Crippen molar-refractivity contribution in [2.24, 2.45) is 10.2 Å². The molecule has 2 heterocycles. The Bertz CT molecular complexity index is 729. The lowest BCUT2D eigenvalue weighted by Crippen LogP contribution is -2.43. The predicted molar refractivity (Wildman–Crippen MR) is 87.1 cm³/mol. The molecular weight excluding hydrogens is 306 g/mol. The molecule has 6 heteroatoms. The number of hydrogen-bond acceptors (Lipinski definition) is 4. The van der Waals surface area contributed by atoms with E-state index in [1.165, 1.54) is 4.90 Å². The standard InChI is InChI=1S/C18H19N3O3/c1-2-3-10-18(19-20-18)11-8-15(22)21-12-9-13-6-4-5-7-14(13)16(21)17(23)24/h1,4-7,16H,3,8-12H2,(H,23,24). The Labute approximate surface area is 140 Å². The van der Waals surface area contributed by atoms with E-state index in [4.69, 9.17) is 6.42 Å². The molecule has 2 aliphatic rings. The number of amides is 1. The molecule has 1 N–H and O–H groups in total. The number of rotatable bonds is 6. The molecule has 1 amide bonds. The Morgan fingerprint density at radius 2 is 2.08 bits per heavy atom. The topological polar surface area (TPSA) is 82.3 Å². The molecule has 1 aromatic rings. The summed E-state index contributed by atoms with van der Waals surface area (Å²) in [5.74, 6) is 1.38. The lowest BCUT2D eigenvalue weighted by atomic mass is 9.92. The van der Waals surface area contributed by atoms with Gasteiger partial charge < -0.3 is 10.0 Å². The fourth-order valence-corrected chi connectivity index (χ4v) is 3.22. The highest BCUT2D eigenvalue weighted by molar-refractivity contribution is 5.85. The van der Waals surface area contributed by atoms with E-state index in [-0.39, 0.29) is 12.3 Å². The van der Waals surface area contributed by atoms with Crippen LogP contribution in [0.1, 0.15) is 42.9 Å². The first-order chi connectivity index (χ1) is 11.6. The third-order valence-electron chi connectivity index (χ3n) is 4.63. The highest BCUT2D eigenvalue weighted by Crippen LogP contribution is 2.38. The van der Waals surface area contributed by atoms with Crippen LogP contribution in [0.3, 0.4) is 0 Å². The van der Waals surface area contributed by atoms with Crippen molar-refractivity contribution in [1.82, 2.24) is 4.90 Å². The zero-order valence-electron chi connectivity index (χ0n) is 13.3. The molecule has 2 aliphatic heterocycles. The van der Waals surface area contributed by atoms with Crippen LogP contribution in [-0.2, 0) is 16.0 Å². The molecule has 6 nitrogen and oxygen atoms in total. The first kappa shape index (κ1) is 16.2. The first-order valence-electron chi connectivity index (χ1n) is 8.04. The summed E-state index contributed by atoms with van der Waals surface area (Å²) in [6.07, 6.45) is 7.84. The third-order valence-corrected chi connectivity index (χ3v) is 4.63. The van der Waals surface area contributed by atoms with Crippen LogP contribution in [0, 0.1) is 12.3 Å². The number of carboxylic acids is 1. The molecule has 0 saturated heterocycles. The van der Waals surface area contributed by atoms with Crippen LogP contribution in [0.25, 0.3) is 0 Å². The summed E-state index contributed by atoms with van der Waals surface area (Å²) >= 11 is 0. The summed E-state index contributed by atoms with van der Waals surface area (Å²) in [5, 5.41) is 17.6. The van der Waals surface area contributed by atoms with Crippen molar-refractivity contribution in [1.29, 1.82) is 0 Å². The monoisotopic (exact) mass is 325 g/mol. The molecule has 1 aromatic carbocycles. The molecule has 0 saturated carbocycles. The third kappa shape index (κ3) is 3.16. The Morgan fingerprint density at radius 1 is 1.33 bits per heavy atom. The SMILES string of the molecule is C#CCCC1(CCC(=O)N2CCc3ccccc3C2C(=O)O)N=N1. The van der Waals surface area contributed by atoms with Crippen LogP contribution in [0.15, 0.2) is 34.5 Å². The predicted octanol–water partition coefficient (Wildman–Crippen LogP) is 2.55. The Morgan fingerprint density at radius 3 is 2.75 bits per heavy atom. The van der Waals surface area contributed by atoms with Crippen molar-refractivity contribution < 1.29 is 14.7 Å². The molecule has 3 rings (SSSR count). The minimum absolute atomic E-state index is 0.172. The van der Waals surface area contributed by atoms with Gasteiger partial charge in [0.2, 0.25) is 5.91 Å². The molecule has 1 atom stereocenters. The molecule has 0 radical (unpaired) electrons. The number of fused-ring (bicyclic) bond motifs is 1. The number of nitrogens with zero attached hydrogens (tertiary/aromatic N) is 3. The normalized spacial score (nSPS) is 20.1. The highest BCUT2D eigenvalue weighted by Gasteiger charge is 2.41. The summed E-state index contributed by atoms with van der Waals surface area (Å²) in [6.45, 7) is 0.415. The van der Waals surface area contributed by atoms with Crippen molar-refractivity contribution in [2.45, 2.75) is 43.8 Å². The van der Waals surface area contributed by atoms with Gasteiger partial charge in [-0.05, 0) is 17.5 Å². The van der Waals surface area contributed by atoms with E-state index >= 15 is 0 Å². The average molecular weight is 325 g/mol. The molecule has 0 fully saturated rings. The Kier molecular flexibility index (Phi) is 4.34. The number of carbonyl (C=O) groups excluding carboxylic acids is 1. The minimum atomic E-state index is -1.00. The smallest absolute Gasteiger partial charge is 0.331 e. The maximum atomic E-state index is 12.6. The maximum absolute atomic E-state index is 12.6. The van der Waals surface area contributed by atoms with E-state index in [1.807, 2.05) is 12.1 Å². The quantitative estimate of drug-likeness (QED) is 0.816. The van der Waals surface area contributed by atoms with Crippen LogP contribution in [-0.4, -0.2) is 34.1 Å². The number of benzene rings is 1. The van der Waals surface area contributed by atoms with Crippen molar-refractivity contribution in [3.05, 3.63) is 35.4 Å². The van der Waals surface area contributed by atoms with Crippen molar-refractivity contribution in [2.75, 3.05) is 6.54 Å². The molecule has 0 aliphatic carbocycles. The summed E-state index contributed by atoms with van der Waals surface area (Å²) < 4.78 is 0.